The Morgan fingerprint density at radius 1 is 1.19 bits per heavy atom. The van der Waals surface area contributed by atoms with Crippen LogP contribution >= 0.6 is 0 Å². The van der Waals surface area contributed by atoms with Crippen LogP contribution in [0.15, 0.2) is 43.0 Å². The number of rotatable bonds is 10. The maximum Gasteiger partial charge on any atom is 0.326 e. The van der Waals surface area contributed by atoms with E-state index in [9.17, 15) is 24.3 Å². The molecule has 0 saturated carbocycles. The van der Waals surface area contributed by atoms with Crippen molar-refractivity contribution in [2.75, 3.05) is 6.54 Å². The number of likely N-dealkylation sites (tertiary alicyclic amines) is 1. The molecule has 12 heteroatoms. The third-order valence-corrected chi connectivity index (χ3v) is 6.61. The van der Waals surface area contributed by atoms with Gasteiger partial charge in [-0.2, -0.15) is 0 Å². The number of aliphatic carboxylic acids is 1. The molecule has 0 aliphatic carbocycles. The average molecular weight is 510 g/mol. The molecule has 3 heterocycles. The SMILES string of the molecule is CC(NC(=O)C(N)Cc1cnc[nH]1)C(=O)N1CCCC1C(=O)NC(Cc1c[nH]c2ccccc12)C(=O)O. The van der Waals surface area contributed by atoms with E-state index in [-0.39, 0.29) is 12.8 Å². The second-order valence-corrected chi connectivity index (χ2v) is 9.27. The van der Waals surface area contributed by atoms with Crippen LogP contribution in [-0.4, -0.2) is 79.4 Å². The van der Waals surface area contributed by atoms with Gasteiger partial charge in [-0.05, 0) is 31.4 Å². The molecule has 1 aliphatic rings. The molecular formula is C25H31N7O5. The summed E-state index contributed by atoms with van der Waals surface area (Å²) in [5.74, 6) is -2.63. The van der Waals surface area contributed by atoms with E-state index in [2.05, 4.69) is 25.6 Å². The lowest BCUT2D eigenvalue weighted by Crippen LogP contribution is -2.56. The molecule has 1 aromatic carbocycles. The Hall–Kier alpha value is -4.19. The molecule has 0 bridgehead atoms. The number of carbonyl (C=O) groups is 4. The Balaban J connectivity index is 1.37. The van der Waals surface area contributed by atoms with Crippen molar-refractivity contribution >= 4 is 34.6 Å². The van der Waals surface area contributed by atoms with Gasteiger partial charge in [0.15, 0.2) is 0 Å². The summed E-state index contributed by atoms with van der Waals surface area (Å²) in [7, 11) is 0. The van der Waals surface area contributed by atoms with Crippen LogP contribution in [0, 0.1) is 0 Å². The first kappa shape index (κ1) is 25.9. The molecule has 1 saturated heterocycles. The van der Waals surface area contributed by atoms with Crippen LogP contribution in [0.5, 0.6) is 0 Å². The van der Waals surface area contributed by atoms with Gasteiger partial charge in [-0.1, -0.05) is 18.2 Å². The van der Waals surface area contributed by atoms with E-state index in [1.807, 2.05) is 24.3 Å². The fourth-order valence-corrected chi connectivity index (χ4v) is 4.65. The monoisotopic (exact) mass is 509 g/mol. The highest BCUT2D eigenvalue weighted by molar-refractivity contribution is 5.94. The van der Waals surface area contributed by atoms with E-state index < -0.39 is 47.9 Å². The third kappa shape index (κ3) is 5.97. The van der Waals surface area contributed by atoms with E-state index in [1.54, 1.807) is 12.4 Å². The summed E-state index contributed by atoms with van der Waals surface area (Å²) in [5, 5.41) is 15.9. The lowest BCUT2D eigenvalue weighted by molar-refractivity contribution is -0.144. The van der Waals surface area contributed by atoms with Gasteiger partial charge in [0.05, 0.1) is 12.4 Å². The fraction of sp³-hybridized carbons (Fsp3) is 0.400. The summed E-state index contributed by atoms with van der Waals surface area (Å²) in [5.41, 5.74) is 8.29. The fourth-order valence-electron chi connectivity index (χ4n) is 4.65. The van der Waals surface area contributed by atoms with Crippen molar-refractivity contribution < 1.29 is 24.3 Å². The maximum absolute atomic E-state index is 13.1. The van der Waals surface area contributed by atoms with Gasteiger partial charge in [0.25, 0.3) is 0 Å². The number of hydrogen-bond acceptors (Lipinski definition) is 6. The number of aromatic nitrogens is 3. The van der Waals surface area contributed by atoms with E-state index in [1.165, 1.54) is 18.2 Å². The summed E-state index contributed by atoms with van der Waals surface area (Å²) in [6.45, 7) is 1.87. The number of hydrogen-bond donors (Lipinski definition) is 6. The number of H-pyrrole nitrogens is 2. The van der Waals surface area contributed by atoms with Gasteiger partial charge in [-0.25, -0.2) is 9.78 Å². The molecule has 4 unspecified atom stereocenters. The highest BCUT2D eigenvalue weighted by atomic mass is 16.4. The van der Waals surface area contributed by atoms with E-state index in [4.69, 9.17) is 5.73 Å². The number of para-hydroxylation sites is 1. The van der Waals surface area contributed by atoms with Crippen molar-refractivity contribution in [2.45, 2.75) is 56.8 Å². The quantitative estimate of drug-likeness (QED) is 0.223. The molecule has 0 spiro atoms. The van der Waals surface area contributed by atoms with Crippen molar-refractivity contribution in [3.05, 3.63) is 54.2 Å². The van der Waals surface area contributed by atoms with E-state index in [0.29, 0.717) is 25.1 Å². The molecule has 3 amide bonds. The number of fused-ring (bicyclic) bond motifs is 1. The van der Waals surface area contributed by atoms with Crippen LogP contribution in [0.3, 0.4) is 0 Å². The van der Waals surface area contributed by atoms with Gasteiger partial charge in [-0.3, -0.25) is 14.4 Å². The van der Waals surface area contributed by atoms with Gasteiger partial charge in [0.2, 0.25) is 17.7 Å². The van der Waals surface area contributed by atoms with E-state index in [0.717, 1.165) is 16.5 Å². The Bertz CT molecular complexity index is 1270. The Morgan fingerprint density at radius 2 is 1.97 bits per heavy atom. The summed E-state index contributed by atoms with van der Waals surface area (Å²) in [6.07, 6.45) is 6.10. The molecule has 3 aromatic rings. The number of carboxylic acid groups (broad SMARTS) is 1. The van der Waals surface area contributed by atoms with Gasteiger partial charge in [0, 0.05) is 48.4 Å². The zero-order valence-corrected chi connectivity index (χ0v) is 20.4. The minimum atomic E-state index is -1.17. The topological polar surface area (TPSA) is 186 Å². The zero-order valence-electron chi connectivity index (χ0n) is 20.4. The largest absolute Gasteiger partial charge is 0.480 e. The van der Waals surface area contributed by atoms with Crippen LogP contribution in [0.25, 0.3) is 10.9 Å². The van der Waals surface area contributed by atoms with Crippen molar-refractivity contribution in [1.82, 2.24) is 30.5 Å². The molecule has 4 rings (SSSR count). The first-order valence-corrected chi connectivity index (χ1v) is 12.2. The predicted octanol–water partition coefficient (Wildman–Crippen LogP) is 0.0686. The average Bonchev–Trinajstić information content (AvgIpc) is 3.64. The van der Waals surface area contributed by atoms with Gasteiger partial charge in [0.1, 0.15) is 18.1 Å². The second-order valence-electron chi connectivity index (χ2n) is 9.27. The lowest BCUT2D eigenvalue weighted by atomic mass is 10.0. The first-order valence-electron chi connectivity index (χ1n) is 12.2. The normalized spacial score (nSPS) is 17.8. The third-order valence-electron chi connectivity index (χ3n) is 6.61. The summed E-state index contributed by atoms with van der Waals surface area (Å²) < 4.78 is 0. The number of nitrogens with two attached hydrogens (primary N) is 1. The minimum absolute atomic E-state index is 0.0897. The lowest BCUT2D eigenvalue weighted by Gasteiger charge is -2.28. The highest BCUT2D eigenvalue weighted by Gasteiger charge is 2.38. The highest BCUT2D eigenvalue weighted by Crippen LogP contribution is 2.21. The van der Waals surface area contributed by atoms with Crippen molar-refractivity contribution in [2.24, 2.45) is 5.73 Å². The number of imidazole rings is 1. The number of carbonyl (C=O) groups excluding carboxylic acids is 3. The standard InChI is InChI=1S/C25H31N7O5/c1-14(30-22(33)18(26)10-16-12-27-13-29-16)24(35)32-8-4-7-21(32)23(34)31-20(25(36)37)9-15-11-28-19-6-3-2-5-17(15)19/h2-3,5-6,11-14,18,20-21,28H,4,7-10,26H2,1H3,(H,27,29)(H,30,33)(H,31,34)(H,36,37). The van der Waals surface area contributed by atoms with Crippen molar-refractivity contribution in [1.29, 1.82) is 0 Å². The Kier molecular flexibility index (Phi) is 7.87. The number of benzene rings is 1. The van der Waals surface area contributed by atoms with Crippen LogP contribution in [-0.2, 0) is 32.0 Å². The van der Waals surface area contributed by atoms with Crippen LogP contribution in [0.1, 0.15) is 31.0 Å². The number of nitrogens with one attached hydrogen (secondary N) is 4. The molecular weight excluding hydrogens is 478 g/mol. The Morgan fingerprint density at radius 3 is 2.70 bits per heavy atom. The van der Waals surface area contributed by atoms with Crippen LogP contribution in [0.2, 0.25) is 0 Å². The number of amides is 3. The molecule has 37 heavy (non-hydrogen) atoms. The smallest absolute Gasteiger partial charge is 0.326 e. The maximum atomic E-state index is 13.1. The van der Waals surface area contributed by atoms with Gasteiger partial charge >= 0.3 is 5.97 Å². The second kappa shape index (κ2) is 11.2. The van der Waals surface area contributed by atoms with Gasteiger partial charge < -0.3 is 36.3 Å². The number of carboxylic acids is 1. The Labute approximate surface area is 213 Å². The summed E-state index contributed by atoms with van der Waals surface area (Å²) >= 11 is 0. The molecule has 12 nitrogen and oxygen atoms in total. The molecule has 7 N–H and O–H groups in total. The zero-order chi connectivity index (χ0) is 26.5. The van der Waals surface area contributed by atoms with Gasteiger partial charge in [-0.15, -0.1) is 0 Å². The van der Waals surface area contributed by atoms with Crippen LogP contribution in [0.4, 0.5) is 0 Å². The molecule has 0 radical (unpaired) electrons. The molecule has 1 fully saturated rings. The first-order chi connectivity index (χ1) is 17.7. The minimum Gasteiger partial charge on any atom is -0.480 e. The molecule has 1 aliphatic heterocycles. The summed E-state index contributed by atoms with van der Waals surface area (Å²) in [6, 6.07) is 3.73. The number of aromatic amines is 2. The summed E-state index contributed by atoms with van der Waals surface area (Å²) in [4.78, 5) is 61.9. The number of nitrogens with zero attached hydrogens (tertiary/aromatic N) is 2. The van der Waals surface area contributed by atoms with Crippen LogP contribution < -0.4 is 16.4 Å². The molecule has 4 atom stereocenters. The van der Waals surface area contributed by atoms with E-state index >= 15 is 0 Å². The predicted molar refractivity (Wildman–Crippen MR) is 134 cm³/mol. The molecule has 2 aromatic heterocycles. The molecule has 196 valence electrons. The van der Waals surface area contributed by atoms with Crippen molar-refractivity contribution in [3.8, 4) is 0 Å². The van der Waals surface area contributed by atoms with Crippen molar-refractivity contribution in [3.63, 3.8) is 0 Å².